The number of hydroxylamine groups is 1. The first-order chi connectivity index (χ1) is 14.9. The van der Waals surface area contributed by atoms with Crippen LogP contribution in [-0.4, -0.2) is 48.2 Å². The molecule has 2 atom stereocenters. The van der Waals surface area contributed by atoms with Crippen LogP contribution in [0.1, 0.15) is 34.8 Å². The van der Waals surface area contributed by atoms with Crippen LogP contribution in [0.25, 0.3) is 0 Å². The average molecular weight is 431 g/mol. The second-order valence-electron chi connectivity index (χ2n) is 7.30. The molecule has 0 radical (unpaired) electrons. The van der Waals surface area contributed by atoms with E-state index in [9.17, 15) is 19.9 Å². The summed E-state index contributed by atoms with van der Waals surface area (Å²) in [5.41, 5.74) is 4.06. The Morgan fingerprint density at radius 1 is 1.03 bits per heavy atom. The molecule has 0 aliphatic rings. The second-order valence-corrected chi connectivity index (χ2v) is 7.30. The van der Waals surface area contributed by atoms with Crippen molar-refractivity contribution in [1.29, 1.82) is 0 Å². The summed E-state index contributed by atoms with van der Waals surface area (Å²) in [4.78, 5) is 25.0. The SMILES string of the molecule is CCOCOC[C@H](C[C@H](Cc1ccc(O)cc1)C(=O)NO)NC(=O)c1ccc(C)cc1. The predicted octanol–water partition coefficient (Wildman–Crippen LogP) is 2.56. The van der Waals surface area contributed by atoms with E-state index in [2.05, 4.69) is 5.32 Å². The van der Waals surface area contributed by atoms with E-state index in [4.69, 9.17) is 9.47 Å². The number of carbonyl (C=O) groups is 2. The fourth-order valence-corrected chi connectivity index (χ4v) is 3.11. The number of rotatable bonds is 12. The summed E-state index contributed by atoms with van der Waals surface area (Å²) >= 11 is 0. The van der Waals surface area contributed by atoms with E-state index in [0.717, 1.165) is 11.1 Å². The highest BCUT2D eigenvalue weighted by Gasteiger charge is 2.25. The molecule has 0 bridgehead atoms. The Morgan fingerprint density at radius 2 is 1.71 bits per heavy atom. The van der Waals surface area contributed by atoms with Gasteiger partial charge in [-0.25, -0.2) is 5.48 Å². The van der Waals surface area contributed by atoms with Crippen molar-refractivity contribution in [1.82, 2.24) is 10.8 Å². The van der Waals surface area contributed by atoms with Crippen LogP contribution in [-0.2, 0) is 20.7 Å². The summed E-state index contributed by atoms with van der Waals surface area (Å²) in [5, 5.41) is 21.6. The van der Waals surface area contributed by atoms with Crippen molar-refractivity contribution >= 4 is 11.8 Å². The molecular weight excluding hydrogens is 400 g/mol. The molecule has 8 nitrogen and oxygen atoms in total. The zero-order valence-electron chi connectivity index (χ0n) is 17.8. The van der Waals surface area contributed by atoms with Gasteiger partial charge in [0.05, 0.1) is 12.6 Å². The Kier molecular flexibility index (Phi) is 9.96. The highest BCUT2D eigenvalue weighted by Crippen LogP contribution is 2.18. The molecule has 8 heteroatoms. The molecule has 0 spiro atoms. The maximum Gasteiger partial charge on any atom is 0.251 e. The van der Waals surface area contributed by atoms with E-state index in [0.29, 0.717) is 18.6 Å². The summed E-state index contributed by atoms with van der Waals surface area (Å²) in [6.45, 7) is 4.49. The van der Waals surface area contributed by atoms with Crippen molar-refractivity contribution in [3.63, 3.8) is 0 Å². The zero-order chi connectivity index (χ0) is 22.6. The zero-order valence-corrected chi connectivity index (χ0v) is 17.8. The van der Waals surface area contributed by atoms with Gasteiger partial charge < -0.3 is 19.9 Å². The molecule has 2 amide bonds. The molecule has 0 saturated carbocycles. The van der Waals surface area contributed by atoms with E-state index in [-0.39, 0.29) is 31.5 Å². The molecule has 4 N–H and O–H groups in total. The Bertz CT molecular complexity index is 823. The molecule has 0 aliphatic heterocycles. The summed E-state index contributed by atoms with van der Waals surface area (Å²) in [5.74, 6) is -1.35. The van der Waals surface area contributed by atoms with Crippen molar-refractivity contribution in [2.45, 2.75) is 32.7 Å². The Morgan fingerprint density at radius 3 is 2.32 bits per heavy atom. The van der Waals surface area contributed by atoms with Gasteiger partial charge in [0.2, 0.25) is 5.91 Å². The fourth-order valence-electron chi connectivity index (χ4n) is 3.11. The average Bonchev–Trinajstić information content (AvgIpc) is 2.77. The van der Waals surface area contributed by atoms with Gasteiger partial charge in [0.1, 0.15) is 12.5 Å². The standard InChI is InChI=1S/C23H30N2O6/c1-3-30-15-31-14-20(24-22(27)18-8-4-16(2)5-9-18)13-19(23(28)25-29)12-17-6-10-21(26)11-7-17/h4-11,19-20,26,29H,3,12-15H2,1-2H3,(H,24,27)(H,25,28)/t19-,20-/m0/s1. The van der Waals surface area contributed by atoms with Crippen LogP contribution >= 0.6 is 0 Å². The molecule has 2 aromatic carbocycles. The lowest BCUT2D eigenvalue weighted by molar-refractivity contribution is -0.134. The second kappa shape index (κ2) is 12.7. The van der Waals surface area contributed by atoms with Crippen molar-refractivity contribution in [2.24, 2.45) is 5.92 Å². The first-order valence-electron chi connectivity index (χ1n) is 10.2. The van der Waals surface area contributed by atoms with Gasteiger partial charge in [0.25, 0.3) is 5.91 Å². The normalized spacial score (nSPS) is 12.7. The molecule has 2 rings (SSSR count). The Labute approximate surface area is 182 Å². The van der Waals surface area contributed by atoms with Crippen LogP contribution in [0.4, 0.5) is 0 Å². The maximum absolute atomic E-state index is 12.7. The fraction of sp³-hybridized carbons (Fsp3) is 0.391. The monoisotopic (exact) mass is 430 g/mol. The van der Waals surface area contributed by atoms with Gasteiger partial charge in [0, 0.05) is 18.1 Å². The third kappa shape index (κ3) is 8.37. The molecule has 31 heavy (non-hydrogen) atoms. The molecule has 2 aromatic rings. The Hall–Kier alpha value is -2.94. The summed E-state index contributed by atoms with van der Waals surface area (Å²) in [7, 11) is 0. The number of hydrogen-bond donors (Lipinski definition) is 4. The van der Waals surface area contributed by atoms with Crippen LogP contribution < -0.4 is 10.8 Å². The first kappa shape index (κ1) is 24.3. The number of hydrogen-bond acceptors (Lipinski definition) is 6. The number of phenols is 1. The quantitative estimate of drug-likeness (QED) is 0.178. The number of phenolic OH excluding ortho intramolecular Hbond substituents is 1. The number of ether oxygens (including phenoxy) is 2. The molecule has 0 unspecified atom stereocenters. The molecule has 0 aliphatic carbocycles. The lowest BCUT2D eigenvalue weighted by Crippen LogP contribution is -2.42. The van der Waals surface area contributed by atoms with Crippen LogP contribution in [0.3, 0.4) is 0 Å². The molecule has 168 valence electrons. The third-order valence-corrected chi connectivity index (χ3v) is 4.81. The van der Waals surface area contributed by atoms with Crippen molar-refractivity contribution in [3.05, 3.63) is 65.2 Å². The van der Waals surface area contributed by atoms with E-state index < -0.39 is 17.9 Å². The molecule has 0 aromatic heterocycles. The van der Waals surface area contributed by atoms with E-state index >= 15 is 0 Å². The van der Waals surface area contributed by atoms with E-state index in [1.807, 2.05) is 26.0 Å². The minimum atomic E-state index is -0.631. The van der Waals surface area contributed by atoms with Crippen LogP contribution in [0, 0.1) is 12.8 Å². The lowest BCUT2D eigenvalue weighted by atomic mass is 9.92. The summed E-state index contributed by atoms with van der Waals surface area (Å²) < 4.78 is 10.7. The van der Waals surface area contributed by atoms with Gasteiger partial charge in [-0.15, -0.1) is 0 Å². The molecule has 0 fully saturated rings. The Balaban J connectivity index is 2.12. The van der Waals surface area contributed by atoms with Crippen LogP contribution in [0.5, 0.6) is 5.75 Å². The minimum absolute atomic E-state index is 0.0717. The van der Waals surface area contributed by atoms with Gasteiger partial charge in [-0.05, 0) is 56.5 Å². The van der Waals surface area contributed by atoms with Crippen molar-refractivity contribution in [2.75, 3.05) is 20.0 Å². The number of aromatic hydroxyl groups is 1. The van der Waals surface area contributed by atoms with Gasteiger partial charge in [-0.1, -0.05) is 29.8 Å². The number of benzene rings is 2. The van der Waals surface area contributed by atoms with Gasteiger partial charge in [0.15, 0.2) is 0 Å². The first-order valence-corrected chi connectivity index (χ1v) is 10.2. The van der Waals surface area contributed by atoms with Crippen molar-refractivity contribution < 1.29 is 29.4 Å². The van der Waals surface area contributed by atoms with Gasteiger partial charge in [-0.2, -0.15) is 0 Å². The van der Waals surface area contributed by atoms with Crippen LogP contribution in [0.15, 0.2) is 48.5 Å². The largest absolute Gasteiger partial charge is 0.508 e. The number of carbonyl (C=O) groups excluding carboxylic acids is 2. The number of aryl methyl sites for hydroxylation is 1. The number of nitrogens with one attached hydrogen (secondary N) is 2. The maximum atomic E-state index is 12.7. The lowest BCUT2D eigenvalue weighted by Gasteiger charge is -2.24. The number of amides is 2. The van der Waals surface area contributed by atoms with Gasteiger partial charge in [-0.3, -0.25) is 14.8 Å². The van der Waals surface area contributed by atoms with Gasteiger partial charge >= 0.3 is 0 Å². The predicted molar refractivity (Wildman–Crippen MR) is 115 cm³/mol. The van der Waals surface area contributed by atoms with E-state index in [1.54, 1.807) is 29.7 Å². The summed E-state index contributed by atoms with van der Waals surface area (Å²) in [6.07, 6.45) is 0.548. The smallest absolute Gasteiger partial charge is 0.251 e. The molecular formula is C23H30N2O6. The highest BCUT2D eigenvalue weighted by atomic mass is 16.7. The molecule has 0 saturated heterocycles. The third-order valence-electron chi connectivity index (χ3n) is 4.81. The van der Waals surface area contributed by atoms with Crippen molar-refractivity contribution in [3.8, 4) is 5.75 Å². The highest BCUT2D eigenvalue weighted by molar-refractivity contribution is 5.94. The van der Waals surface area contributed by atoms with E-state index in [1.165, 1.54) is 12.1 Å². The topological polar surface area (TPSA) is 117 Å². The summed E-state index contributed by atoms with van der Waals surface area (Å²) in [6, 6.07) is 13.2. The minimum Gasteiger partial charge on any atom is -0.508 e. The van der Waals surface area contributed by atoms with Crippen LogP contribution in [0.2, 0.25) is 0 Å². The molecule has 0 heterocycles.